The van der Waals surface area contributed by atoms with E-state index in [0.29, 0.717) is 11.1 Å². The van der Waals surface area contributed by atoms with Gasteiger partial charge in [0.1, 0.15) is 18.8 Å². The van der Waals surface area contributed by atoms with Crippen LogP contribution in [0.25, 0.3) is 0 Å². The lowest BCUT2D eigenvalue weighted by atomic mass is 10.1. The quantitative estimate of drug-likeness (QED) is 0.773. The van der Waals surface area contributed by atoms with Crippen LogP contribution in [0.1, 0.15) is 20.7 Å². The molecule has 2 aromatic rings. The molecule has 7 nitrogen and oxygen atoms in total. The Kier molecular flexibility index (Phi) is 5.62. The monoisotopic (exact) mass is 358 g/mol. The van der Waals surface area contributed by atoms with Crippen molar-refractivity contribution in [1.82, 2.24) is 0 Å². The molecule has 7 heteroatoms. The Morgan fingerprint density at radius 1 is 0.885 bits per heavy atom. The van der Waals surface area contributed by atoms with Gasteiger partial charge in [-0.05, 0) is 24.3 Å². The summed E-state index contributed by atoms with van der Waals surface area (Å²) in [7, 11) is 0. The Balaban J connectivity index is 1.63. The van der Waals surface area contributed by atoms with E-state index in [1.165, 1.54) is 0 Å². The molecule has 1 heterocycles. The number of carbonyl (C=O) groups is 2. The van der Waals surface area contributed by atoms with Crippen LogP contribution < -0.4 is 0 Å². The molecule has 1 fully saturated rings. The molecule has 136 valence electrons. The highest BCUT2D eigenvalue weighted by Crippen LogP contribution is 2.24. The number of esters is 2. The van der Waals surface area contributed by atoms with Gasteiger partial charge in [-0.3, -0.25) is 0 Å². The van der Waals surface area contributed by atoms with Crippen molar-refractivity contribution in [3.63, 3.8) is 0 Å². The summed E-state index contributed by atoms with van der Waals surface area (Å²) in [4.78, 5) is 24.2. The Morgan fingerprint density at radius 2 is 1.42 bits per heavy atom. The number of carbonyl (C=O) groups excluding carboxylic acids is 2. The fourth-order valence-electron chi connectivity index (χ4n) is 2.58. The normalized spacial score (nSPS) is 24.8. The topological polar surface area (TPSA) is 102 Å². The van der Waals surface area contributed by atoms with E-state index in [9.17, 15) is 19.8 Å². The minimum atomic E-state index is -1.54. The van der Waals surface area contributed by atoms with Crippen LogP contribution in [-0.4, -0.2) is 53.4 Å². The zero-order chi connectivity index (χ0) is 18.5. The van der Waals surface area contributed by atoms with Gasteiger partial charge in [0, 0.05) is 0 Å². The molecular weight excluding hydrogens is 340 g/mol. The van der Waals surface area contributed by atoms with Crippen LogP contribution in [0.5, 0.6) is 0 Å². The smallest absolute Gasteiger partial charge is 0.338 e. The molecule has 1 aliphatic heterocycles. The summed E-state index contributed by atoms with van der Waals surface area (Å²) < 4.78 is 15.6. The van der Waals surface area contributed by atoms with Gasteiger partial charge in [0.15, 0.2) is 12.4 Å². The molecule has 3 unspecified atom stereocenters. The molecule has 0 spiro atoms. The average Bonchev–Trinajstić information content (AvgIpc) is 2.95. The number of hydrogen-bond donors (Lipinski definition) is 2. The Bertz CT molecular complexity index is 747. The van der Waals surface area contributed by atoms with Crippen molar-refractivity contribution in [2.45, 2.75) is 24.6 Å². The van der Waals surface area contributed by atoms with Gasteiger partial charge in [0.05, 0.1) is 11.1 Å². The van der Waals surface area contributed by atoms with E-state index in [1.807, 2.05) is 0 Å². The van der Waals surface area contributed by atoms with Crippen LogP contribution in [0.3, 0.4) is 0 Å². The summed E-state index contributed by atoms with van der Waals surface area (Å²) in [5.41, 5.74) is 0.644. The minimum absolute atomic E-state index is 0.283. The number of benzene rings is 2. The molecule has 0 aromatic heterocycles. The highest BCUT2D eigenvalue weighted by molar-refractivity contribution is 5.90. The Labute approximate surface area is 149 Å². The van der Waals surface area contributed by atoms with Crippen molar-refractivity contribution in [2.75, 3.05) is 6.61 Å². The summed E-state index contributed by atoms with van der Waals surface area (Å²) in [6.07, 6.45) is -5.13. The molecule has 1 saturated heterocycles. The molecule has 0 amide bonds. The maximum atomic E-state index is 12.2. The number of ether oxygens (including phenoxy) is 3. The van der Waals surface area contributed by atoms with Gasteiger partial charge < -0.3 is 24.4 Å². The van der Waals surface area contributed by atoms with Gasteiger partial charge in [-0.15, -0.1) is 0 Å². The standard InChI is InChI=1S/C19H18O7/c20-15-16(26-18(22)13-9-5-2-6-10-13)14(25-19(15)23)11-24-17(21)12-7-3-1-4-8-12/h1-10,14-16,19-20,23H,11H2/t14-,15?,16?,19?/m0/s1. The third-order valence-electron chi connectivity index (χ3n) is 3.95. The SMILES string of the molecule is O=C(OC[C@@H]1OC(O)C(O)C1OC(=O)c1ccccc1)c1ccccc1. The summed E-state index contributed by atoms with van der Waals surface area (Å²) >= 11 is 0. The summed E-state index contributed by atoms with van der Waals surface area (Å²) in [5.74, 6) is -1.26. The number of hydrogen-bond acceptors (Lipinski definition) is 7. The van der Waals surface area contributed by atoms with Crippen LogP contribution in [0.4, 0.5) is 0 Å². The molecular formula is C19H18O7. The molecule has 26 heavy (non-hydrogen) atoms. The first-order valence-electron chi connectivity index (χ1n) is 8.06. The predicted octanol–water partition coefficient (Wildman–Crippen LogP) is 1.15. The Morgan fingerprint density at radius 3 is 2.00 bits per heavy atom. The van der Waals surface area contributed by atoms with Crippen molar-refractivity contribution >= 4 is 11.9 Å². The van der Waals surface area contributed by atoms with E-state index >= 15 is 0 Å². The highest BCUT2D eigenvalue weighted by atomic mass is 16.7. The molecule has 0 radical (unpaired) electrons. The largest absolute Gasteiger partial charge is 0.459 e. The predicted molar refractivity (Wildman–Crippen MR) is 89.3 cm³/mol. The van der Waals surface area contributed by atoms with Crippen molar-refractivity contribution in [2.24, 2.45) is 0 Å². The molecule has 2 aromatic carbocycles. The maximum absolute atomic E-state index is 12.2. The van der Waals surface area contributed by atoms with Crippen LogP contribution in [0.15, 0.2) is 60.7 Å². The number of aliphatic hydroxyl groups excluding tert-OH is 2. The molecule has 3 rings (SSSR count). The lowest BCUT2D eigenvalue weighted by Gasteiger charge is -2.20. The Hall–Kier alpha value is -2.74. The minimum Gasteiger partial charge on any atom is -0.459 e. The first kappa shape index (κ1) is 18.1. The van der Waals surface area contributed by atoms with Crippen molar-refractivity contribution in [1.29, 1.82) is 0 Å². The van der Waals surface area contributed by atoms with E-state index in [2.05, 4.69) is 0 Å². The lowest BCUT2D eigenvalue weighted by molar-refractivity contribution is -0.133. The molecule has 0 aliphatic carbocycles. The van der Waals surface area contributed by atoms with Gasteiger partial charge >= 0.3 is 11.9 Å². The van der Waals surface area contributed by atoms with Gasteiger partial charge in [-0.25, -0.2) is 9.59 Å². The summed E-state index contributed by atoms with van der Waals surface area (Å²) in [6, 6.07) is 16.6. The first-order chi connectivity index (χ1) is 12.6. The van der Waals surface area contributed by atoms with Crippen LogP contribution in [-0.2, 0) is 14.2 Å². The second-order valence-corrected chi connectivity index (χ2v) is 5.76. The van der Waals surface area contributed by atoms with Crippen molar-refractivity contribution in [3.05, 3.63) is 71.8 Å². The third kappa shape index (κ3) is 4.08. The number of aliphatic hydroxyl groups is 2. The van der Waals surface area contributed by atoms with Crippen molar-refractivity contribution < 1.29 is 34.0 Å². The second kappa shape index (κ2) is 8.09. The molecule has 1 aliphatic rings. The molecule has 0 bridgehead atoms. The zero-order valence-corrected chi connectivity index (χ0v) is 13.7. The van der Waals surface area contributed by atoms with E-state index < -0.39 is 36.5 Å². The lowest BCUT2D eigenvalue weighted by Crippen LogP contribution is -2.39. The van der Waals surface area contributed by atoms with Gasteiger partial charge in [-0.1, -0.05) is 36.4 Å². The average molecular weight is 358 g/mol. The van der Waals surface area contributed by atoms with E-state index in [4.69, 9.17) is 14.2 Å². The van der Waals surface area contributed by atoms with E-state index in [-0.39, 0.29) is 6.61 Å². The number of rotatable bonds is 5. The third-order valence-corrected chi connectivity index (χ3v) is 3.95. The van der Waals surface area contributed by atoms with Crippen molar-refractivity contribution in [3.8, 4) is 0 Å². The van der Waals surface area contributed by atoms with Gasteiger partial charge in [0.25, 0.3) is 0 Å². The first-order valence-corrected chi connectivity index (χ1v) is 8.06. The molecule has 0 saturated carbocycles. The van der Waals surface area contributed by atoms with E-state index in [1.54, 1.807) is 60.7 Å². The molecule has 4 atom stereocenters. The summed E-state index contributed by atoms with van der Waals surface area (Å²) in [6.45, 7) is -0.283. The summed E-state index contributed by atoms with van der Waals surface area (Å²) in [5, 5.41) is 19.7. The van der Waals surface area contributed by atoms with Crippen LogP contribution in [0.2, 0.25) is 0 Å². The van der Waals surface area contributed by atoms with Crippen LogP contribution >= 0.6 is 0 Å². The van der Waals surface area contributed by atoms with Gasteiger partial charge in [-0.2, -0.15) is 0 Å². The van der Waals surface area contributed by atoms with E-state index in [0.717, 1.165) is 0 Å². The second-order valence-electron chi connectivity index (χ2n) is 5.76. The highest BCUT2D eigenvalue weighted by Gasteiger charge is 2.46. The molecule has 2 N–H and O–H groups in total. The fraction of sp³-hybridized carbons (Fsp3) is 0.263. The fourth-order valence-corrected chi connectivity index (χ4v) is 2.58. The van der Waals surface area contributed by atoms with Gasteiger partial charge in [0.2, 0.25) is 0 Å². The maximum Gasteiger partial charge on any atom is 0.338 e. The zero-order valence-electron chi connectivity index (χ0n) is 13.7. The van der Waals surface area contributed by atoms with Crippen LogP contribution in [0, 0.1) is 0 Å².